The van der Waals surface area contributed by atoms with E-state index in [4.69, 9.17) is 5.73 Å². The molecule has 3 heterocycles. The molecule has 0 aliphatic carbocycles. The monoisotopic (exact) mass is 350 g/mol. The third-order valence-electron chi connectivity index (χ3n) is 3.86. The Morgan fingerprint density at radius 1 is 1.24 bits per heavy atom. The molecule has 0 aliphatic rings. The van der Waals surface area contributed by atoms with Crippen molar-refractivity contribution in [2.75, 3.05) is 0 Å². The van der Waals surface area contributed by atoms with Gasteiger partial charge in [0.25, 0.3) is 5.91 Å². The molecule has 1 amide bonds. The van der Waals surface area contributed by atoms with Gasteiger partial charge in [0.05, 0.1) is 22.0 Å². The molecule has 6 nitrogen and oxygen atoms in total. The average Bonchev–Trinajstić information content (AvgIpc) is 3.21. The Balaban J connectivity index is 1.62. The summed E-state index contributed by atoms with van der Waals surface area (Å²) in [5.41, 5.74) is 8.69. The average molecular weight is 350 g/mol. The highest BCUT2D eigenvalue weighted by Crippen LogP contribution is 2.27. The van der Waals surface area contributed by atoms with Gasteiger partial charge in [0, 0.05) is 29.8 Å². The highest BCUT2D eigenvalue weighted by molar-refractivity contribution is 7.10. The molecule has 0 atom stereocenters. The molecule has 0 spiro atoms. The predicted octanol–water partition coefficient (Wildman–Crippen LogP) is 2.85. The largest absolute Gasteiger partial charge is 0.507 e. The van der Waals surface area contributed by atoms with Crippen LogP contribution < -0.4 is 5.73 Å². The van der Waals surface area contributed by atoms with Crippen LogP contribution in [0.4, 0.5) is 0 Å². The molecule has 0 fully saturated rings. The number of hydrogen-bond donors (Lipinski definition) is 2. The summed E-state index contributed by atoms with van der Waals surface area (Å²) in [7, 11) is 0. The third-order valence-corrected chi connectivity index (χ3v) is 4.70. The second kappa shape index (κ2) is 6.03. The zero-order chi connectivity index (χ0) is 17.4. The number of rotatable bonds is 4. The van der Waals surface area contributed by atoms with E-state index < -0.39 is 5.91 Å². The van der Waals surface area contributed by atoms with Crippen LogP contribution in [-0.4, -0.2) is 25.4 Å². The minimum absolute atomic E-state index is 0.0902. The lowest BCUT2D eigenvalue weighted by Gasteiger charge is -2.02. The molecular weight excluding hydrogens is 336 g/mol. The Kier molecular flexibility index (Phi) is 3.70. The lowest BCUT2D eigenvalue weighted by molar-refractivity contribution is 0.0998. The summed E-state index contributed by atoms with van der Waals surface area (Å²) in [4.78, 5) is 20.6. The van der Waals surface area contributed by atoms with E-state index in [0.29, 0.717) is 6.42 Å². The topological polar surface area (TPSA) is 93.5 Å². The molecule has 0 saturated carbocycles. The van der Waals surface area contributed by atoms with Crippen molar-refractivity contribution in [2.24, 2.45) is 5.73 Å². The summed E-state index contributed by atoms with van der Waals surface area (Å²) in [6.07, 6.45) is 4.58. The molecule has 3 aromatic heterocycles. The molecule has 0 radical (unpaired) electrons. The number of carbonyl (C=O) groups excluding carboxylic acids is 1. The van der Waals surface area contributed by atoms with E-state index >= 15 is 0 Å². The van der Waals surface area contributed by atoms with Crippen molar-refractivity contribution in [3.05, 3.63) is 70.4 Å². The second-order valence-corrected chi connectivity index (χ2v) is 6.54. The van der Waals surface area contributed by atoms with Gasteiger partial charge in [0.1, 0.15) is 11.4 Å². The minimum Gasteiger partial charge on any atom is -0.507 e. The molecule has 124 valence electrons. The minimum atomic E-state index is -0.667. The van der Waals surface area contributed by atoms with Gasteiger partial charge in [-0.3, -0.25) is 4.79 Å². The molecule has 4 rings (SSSR count). The van der Waals surface area contributed by atoms with E-state index in [1.54, 1.807) is 12.1 Å². The zero-order valence-electron chi connectivity index (χ0n) is 13.1. The van der Waals surface area contributed by atoms with Gasteiger partial charge in [-0.25, -0.2) is 9.97 Å². The number of nitrogens with zero attached hydrogens (tertiary/aromatic N) is 3. The summed E-state index contributed by atoms with van der Waals surface area (Å²) in [5.74, 6) is -0.795. The Bertz CT molecular complexity index is 1050. The number of nitrogens with two attached hydrogens (primary N) is 1. The maximum atomic E-state index is 11.4. The fourth-order valence-electron chi connectivity index (χ4n) is 2.64. The number of aromatic nitrogens is 3. The van der Waals surface area contributed by atoms with Crippen LogP contribution in [0.1, 0.15) is 21.1 Å². The SMILES string of the molecule is NC(=O)c1cc(-c2csc(Cc3cn4ccccc4n3)n2)ccc1O. The molecule has 3 N–H and O–H groups in total. The Hall–Kier alpha value is -3.19. The fraction of sp³-hybridized carbons (Fsp3) is 0.0556. The van der Waals surface area contributed by atoms with Crippen LogP contribution in [0, 0.1) is 0 Å². The Morgan fingerprint density at radius 3 is 2.92 bits per heavy atom. The molecule has 0 bridgehead atoms. The predicted molar refractivity (Wildman–Crippen MR) is 95.7 cm³/mol. The summed E-state index contributed by atoms with van der Waals surface area (Å²) < 4.78 is 1.98. The van der Waals surface area contributed by atoms with Crippen LogP contribution in [0.5, 0.6) is 5.75 Å². The van der Waals surface area contributed by atoms with Gasteiger partial charge < -0.3 is 15.2 Å². The summed E-state index contributed by atoms with van der Waals surface area (Å²) in [6, 6.07) is 10.6. The quantitative estimate of drug-likeness (QED) is 0.592. The standard InChI is InChI=1S/C18H14N4O2S/c19-18(24)13-7-11(4-5-15(13)23)14-10-25-17(21-14)8-12-9-22-6-2-1-3-16(22)20-12/h1-7,9-10,23H,8H2,(H2,19,24). The van der Waals surface area contributed by atoms with Crippen molar-refractivity contribution in [3.63, 3.8) is 0 Å². The summed E-state index contributed by atoms with van der Waals surface area (Å²) in [5, 5.41) is 12.5. The van der Waals surface area contributed by atoms with Gasteiger partial charge in [-0.15, -0.1) is 11.3 Å². The van der Waals surface area contributed by atoms with E-state index in [2.05, 4.69) is 9.97 Å². The summed E-state index contributed by atoms with van der Waals surface area (Å²) in [6.45, 7) is 0. The number of imidazole rings is 1. The van der Waals surface area contributed by atoms with Crippen molar-refractivity contribution in [3.8, 4) is 17.0 Å². The van der Waals surface area contributed by atoms with Crippen LogP contribution >= 0.6 is 11.3 Å². The van der Waals surface area contributed by atoms with E-state index in [0.717, 1.165) is 27.6 Å². The molecule has 0 aliphatic heterocycles. The number of primary amides is 1. The van der Waals surface area contributed by atoms with Crippen molar-refractivity contribution < 1.29 is 9.90 Å². The van der Waals surface area contributed by atoms with E-state index in [9.17, 15) is 9.90 Å². The van der Waals surface area contributed by atoms with Gasteiger partial charge >= 0.3 is 0 Å². The number of benzene rings is 1. The van der Waals surface area contributed by atoms with Crippen LogP contribution in [-0.2, 0) is 6.42 Å². The highest BCUT2D eigenvalue weighted by atomic mass is 32.1. The number of pyridine rings is 1. The van der Waals surface area contributed by atoms with Crippen molar-refractivity contribution in [2.45, 2.75) is 6.42 Å². The number of amides is 1. The fourth-order valence-corrected chi connectivity index (χ4v) is 3.46. The molecule has 0 unspecified atom stereocenters. The molecule has 1 aromatic carbocycles. The number of phenols is 1. The van der Waals surface area contributed by atoms with Gasteiger partial charge in [-0.05, 0) is 30.3 Å². The highest BCUT2D eigenvalue weighted by Gasteiger charge is 2.12. The molecule has 4 aromatic rings. The van der Waals surface area contributed by atoms with E-state index in [1.807, 2.05) is 40.4 Å². The Labute approximate surface area is 147 Å². The van der Waals surface area contributed by atoms with Crippen molar-refractivity contribution in [1.29, 1.82) is 0 Å². The van der Waals surface area contributed by atoms with Crippen molar-refractivity contribution >= 4 is 22.9 Å². The maximum Gasteiger partial charge on any atom is 0.252 e. The smallest absolute Gasteiger partial charge is 0.252 e. The van der Waals surface area contributed by atoms with Gasteiger partial charge in [0.2, 0.25) is 0 Å². The van der Waals surface area contributed by atoms with Gasteiger partial charge in [0.15, 0.2) is 0 Å². The van der Waals surface area contributed by atoms with Crippen LogP contribution in [0.3, 0.4) is 0 Å². The molecule has 7 heteroatoms. The lowest BCUT2D eigenvalue weighted by Crippen LogP contribution is -2.11. The van der Waals surface area contributed by atoms with Gasteiger partial charge in [-0.2, -0.15) is 0 Å². The van der Waals surface area contributed by atoms with E-state index in [1.165, 1.54) is 17.4 Å². The number of carbonyl (C=O) groups is 1. The second-order valence-electron chi connectivity index (χ2n) is 5.60. The van der Waals surface area contributed by atoms with Crippen LogP contribution in [0.15, 0.2) is 54.2 Å². The third kappa shape index (κ3) is 2.97. The first kappa shape index (κ1) is 15.3. The molecular formula is C18H14N4O2S. The number of fused-ring (bicyclic) bond motifs is 1. The lowest BCUT2D eigenvalue weighted by atomic mass is 10.1. The first-order valence-corrected chi connectivity index (χ1v) is 8.48. The normalized spacial score (nSPS) is 11.0. The first-order valence-electron chi connectivity index (χ1n) is 7.60. The number of hydrogen-bond acceptors (Lipinski definition) is 5. The van der Waals surface area contributed by atoms with Crippen molar-refractivity contribution in [1.82, 2.24) is 14.4 Å². The maximum absolute atomic E-state index is 11.4. The Morgan fingerprint density at radius 2 is 2.12 bits per heavy atom. The first-order chi connectivity index (χ1) is 12.1. The summed E-state index contributed by atoms with van der Waals surface area (Å²) >= 11 is 1.53. The number of thiazole rings is 1. The molecule has 25 heavy (non-hydrogen) atoms. The van der Waals surface area contributed by atoms with Crippen LogP contribution in [0.2, 0.25) is 0 Å². The van der Waals surface area contributed by atoms with E-state index in [-0.39, 0.29) is 11.3 Å². The number of aromatic hydroxyl groups is 1. The zero-order valence-corrected chi connectivity index (χ0v) is 13.9. The molecule has 0 saturated heterocycles. The van der Waals surface area contributed by atoms with Gasteiger partial charge in [-0.1, -0.05) is 6.07 Å². The van der Waals surface area contributed by atoms with Crippen LogP contribution in [0.25, 0.3) is 16.9 Å².